The second-order valence-corrected chi connectivity index (χ2v) is 10.7. The standard InChI is InChI=1S/C29H34N4O/c1-2-17-16-33-12-10-22-20-5-3-4-6-24(20)32-29(22)27(33)14-18(17)13-26-28-21(9-11-30-26)23-15-19(34)7-8-25(23)31-28/h3-8,15,17-18,26-27,30-32,34H,2,9-14,16H2,1H3/t17-,18-,26-,27-/m0/s1. The molecule has 0 radical (unpaired) electrons. The zero-order valence-corrected chi connectivity index (χ0v) is 19.9. The zero-order chi connectivity index (χ0) is 22.8. The number of rotatable bonds is 3. The molecule has 0 amide bonds. The number of aromatic amines is 2. The molecule has 0 spiro atoms. The van der Waals surface area contributed by atoms with E-state index in [1.807, 2.05) is 12.1 Å². The molecule has 1 fully saturated rings. The van der Waals surface area contributed by atoms with Crippen LogP contribution < -0.4 is 5.32 Å². The number of hydrogen-bond acceptors (Lipinski definition) is 3. The first-order valence-electron chi connectivity index (χ1n) is 13.1. The molecule has 3 aliphatic rings. The minimum absolute atomic E-state index is 0.356. The third-order valence-electron chi connectivity index (χ3n) is 9.03. The molecule has 2 aromatic carbocycles. The van der Waals surface area contributed by atoms with Gasteiger partial charge >= 0.3 is 0 Å². The fraction of sp³-hybridized carbons (Fsp3) is 0.448. The van der Waals surface area contributed by atoms with Gasteiger partial charge in [0, 0.05) is 52.3 Å². The number of H-pyrrole nitrogens is 2. The average molecular weight is 455 g/mol. The Labute approximate surface area is 200 Å². The summed E-state index contributed by atoms with van der Waals surface area (Å²) in [6, 6.07) is 15.4. The molecule has 4 N–H and O–H groups in total. The molecule has 5 heteroatoms. The van der Waals surface area contributed by atoms with Crippen LogP contribution in [-0.4, -0.2) is 39.6 Å². The van der Waals surface area contributed by atoms with Gasteiger partial charge in [-0.25, -0.2) is 0 Å². The Hall–Kier alpha value is -2.76. The number of nitrogens with zero attached hydrogens (tertiary/aromatic N) is 1. The van der Waals surface area contributed by atoms with Gasteiger partial charge in [0.15, 0.2) is 0 Å². The third kappa shape index (κ3) is 3.14. The van der Waals surface area contributed by atoms with Crippen LogP contribution in [0.5, 0.6) is 5.75 Å². The van der Waals surface area contributed by atoms with Crippen molar-refractivity contribution in [2.24, 2.45) is 11.8 Å². The Balaban J connectivity index is 1.21. The Morgan fingerprint density at radius 2 is 1.76 bits per heavy atom. The van der Waals surface area contributed by atoms with Crippen molar-refractivity contribution in [1.29, 1.82) is 0 Å². The van der Waals surface area contributed by atoms with Crippen molar-refractivity contribution in [3.05, 3.63) is 65.0 Å². The summed E-state index contributed by atoms with van der Waals surface area (Å²) in [4.78, 5) is 10.3. The summed E-state index contributed by atoms with van der Waals surface area (Å²) in [7, 11) is 0. The van der Waals surface area contributed by atoms with Gasteiger partial charge in [0.25, 0.3) is 0 Å². The van der Waals surface area contributed by atoms with Crippen molar-refractivity contribution in [3.8, 4) is 5.75 Å². The summed E-state index contributed by atoms with van der Waals surface area (Å²) < 4.78 is 0. The highest BCUT2D eigenvalue weighted by molar-refractivity contribution is 5.86. The highest BCUT2D eigenvalue weighted by atomic mass is 16.3. The Bertz CT molecular complexity index is 1370. The molecule has 5 nitrogen and oxygen atoms in total. The van der Waals surface area contributed by atoms with E-state index in [1.165, 1.54) is 65.6 Å². The van der Waals surface area contributed by atoms with Crippen LogP contribution in [0.15, 0.2) is 42.5 Å². The molecule has 4 atom stereocenters. The number of phenolic OH excluding ortho intramolecular Hbond substituents is 1. The molecule has 7 rings (SSSR count). The number of aromatic nitrogens is 2. The van der Waals surface area contributed by atoms with Gasteiger partial charge in [-0.15, -0.1) is 0 Å². The van der Waals surface area contributed by atoms with Crippen LogP contribution in [0, 0.1) is 11.8 Å². The Kier molecular flexibility index (Phi) is 4.78. The lowest BCUT2D eigenvalue weighted by Crippen LogP contribution is -2.46. The van der Waals surface area contributed by atoms with Crippen molar-refractivity contribution in [2.75, 3.05) is 19.6 Å². The quantitative estimate of drug-likeness (QED) is 0.327. The molecular formula is C29H34N4O. The zero-order valence-electron chi connectivity index (χ0n) is 19.9. The van der Waals surface area contributed by atoms with Crippen LogP contribution >= 0.6 is 0 Å². The largest absolute Gasteiger partial charge is 0.508 e. The average Bonchev–Trinajstić information content (AvgIpc) is 3.43. The maximum absolute atomic E-state index is 10.0. The second kappa shape index (κ2) is 7.89. The van der Waals surface area contributed by atoms with Crippen LogP contribution in [0.4, 0.5) is 0 Å². The minimum atomic E-state index is 0.356. The smallest absolute Gasteiger partial charge is 0.116 e. The molecule has 0 saturated carbocycles. The van der Waals surface area contributed by atoms with Crippen molar-refractivity contribution in [1.82, 2.24) is 20.2 Å². The summed E-state index contributed by atoms with van der Waals surface area (Å²) in [6.07, 6.45) is 5.82. The number of hydrogen-bond donors (Lipinski definition) is 4. The normalized spacial score (nSPS) is 27.0. The van der Waals surface area contributed by atoms with E-state index in [0.717, 1.165) is 30.8 Å². The molecule has 2 aromatic heterocycles. The number of nitrogens with one attached hydrogen (secondary N) is 3. The first-order chi connectivity index (χ1) is 16.7. The van der Waals surface area contributed by atoms with Gasteiger partial charge in [0.1, 0.15) is 5.75 Å². The van der Waals surface area contributed by atoms with Crippen LogP contribution in [-0.2, 0) is 12.8 Å². The van der Waals surface area contributed by atoms with E-state index in [1.54, 1.807) is 11.6 Å². The monoisotopic (exact) mass is 454 g/mol. The van der Waals surface area contributed by atoms with E-state index < -0.39 is 0 Å². The number of aromatic hydroxyl groups is 1. The molecule has 5 heterocycles. The lowest BCUT2D eigenvalue weighted by atomic mass is 9.74. The summed E-state index contributed by atoms with van der Waals surface area (Å²) in [5.41, 5.74) is 8.22. The number of phenols is 1. The minimum Gasteiger partial charge on any atom is -0.508 e. The number of benzene rings is 2. The van der Waals surface area contributed by atoms with Gasteiger partial charge in [0.2, 0.25) is 0 Å². The first-order valence-corrected chi connectivity index (χ1v) is 13.1. The summed E-state index contributed by atoms with van der Waals surface area (Å²) in [5.74, 6) is 1.78. The van der Waals surface area contributed by atoms with E-state index in [4.69, 9.17) is 0 Å². The van der Waals surface area contributed by atoms with Gasteiger partial charge in [-0.1, -0.05) is 31.5 Å². The summed E-state index contributed by atoms with van der Waals surface area (Å²) >= 11 is 0. The van der Waals surface area contributed by atoms with E-state index in [-0.39, 0.29) is 0 Å². The fourth-order valence-corrected chi connectivity index (χ4v) is 7.34. The molecule has 34 heavy (non-hydrogen) atoms. The van der Waals surface area contributed by atoms with E-state index >= 15 is 0 Å². The molecule has 1 saturated heterocycles. The van der Waals surface area contributed by atoms with Gasteiger partial charge in [-0.2, -0.15) is 0 Å². The van der Waals surface area contributed by atoms with E-state index in [2.05, 4.69) is 51.4 Å². The van der Waals surface area contributed by atoms with Gasteiger partial charge in [-0.3, -0.25) is 4.90 Å². The predicted octanol–water partition coefficient (Wildman–Crippen LogP) is 5.58. The molecule has 0 aliphatic carbocycles. The third-order valence-corrected chi connectivity index (χ3v) is 9.03. The maximum Gasteiger partial charge on any atom is 0.116 e. The van der Waals surface area contributed by atoms with Crippen LogP contribution in [0.2, 0.25) is 0 Å². The molecule has 0 bridgehead atoms. The summed E-state index contributed by atoms with van der Waals surface area (Å²) in [6.45, 7) is 5.77. The number of fused-ring (bicyclic) bond motifs is 8. The Morgan fingerprint density at radius 3 is 2.68 bits per heavy atom. The second-order valence-electron chi connectivity index (χ2n) is 10.7. The molecular weight excluding hydrogens is 420 g/mol. The lowest BCUT2D eigenvalue weighted by molar-refractivity contribution is 0.0419. The first kappa shape index (κ1) is 20.6. The fourth-order valence-electron chi connectivity index (χ4n) is 7.34. The van der Waals surface area contributed by atoms with Crippen molar-refractivity contribution >= 4 is 21.8 Å². The molecule has 3 aliphatic heterocycles. The molecule has 176 valence electrons. The predicted molar refractivity (Wildman–Crippen MR) is 137 cm³/mol. The number of para-hydroxylation sites is 1. The van der Waals surface area contributed by atoms with Crippen molar-refractivity contribution in [2.45, 2.75) is 51.1 Å². The topological polar surface area (TPSA) is 67.1 Å². The van der Waals surface area contributed by atoms with Gasteiger partial charge in [-0.05, 0) is 79.5 Å². The van der Waals surface area contributed by atoms with Gasteiger partial charge in [0.05, 0.1) is 6.04 Å². The van der Waals surface area contributed by atoms with Crippen LogP contribution in [0.1, 0.15) is 60.8 Å². The van der Waals surface area contributed by atoms with Crippen molar-refractivity contribution in [3.63, 3.8) is 0 Å². The lowest BCUT2D eigenvalue weighted by Gasteiger charge is -2.47. The molecule has 4 aromatic rings. The van der Waals surface area contributed by atoms with Crippen LogP contribution in [0.3, 0.4) is 0 Å². The number of piperidine rings is 1. The highest BCUT2D eigenvalue weighted by Gasteiger charge is 2.41. The molecule has 0 unspecified atom stereocenters. The maximum atomic E-state index is 10.0. The SMILES string of the molecule is CC[C@H]1CN2CCc3c([nH]c4ccccc34)[C@@H]2C[C@@H]1C[C@@H]1NCCc2c1[nH]c1ccc(O)cc21. The Morgan fingerprint density at radius 1 is 0.941 bits per heavy atom. The van der Waals surface area contributed by atoms with Crippen molar-refractivity contribution < 1.29 is 5.11 Å². The highest BCUT2D eigenvalue weighted by Crippen LogP contribution is 2.46. The van der Waals surface area contributed by atoms with Crippen LogP contribution in [0.25, 0.3) is 21.8 Å². The van der Waals surface area contributed by atoms with E-state index in [0.29, 0.717) is 23.8 Å². The summed E-state index contributed by atoms with van der Waals surface area (Å²) in [5, 5.41) is 16.5. The van der Waals surface area contributed by atoms with E-state index in [9.17, 15) is 5.11 Å². The van der Waals surface area contributed by atoms with Gasteiger partial charge < -0.3 is 20.4 Å².